The van der Waals surface area contributed by atoms with Gasteiger partial charge in [0.1, 0.15) is 11.6 Å². The molecule has 0 bridgehead atoms. The number of anilines is 1. The SMILES string of the molecule is CS(=O)CC[C@@H](C(=O)Nc1ccc(C(=O)OC(C)(C)C)cc1)N1C(=O)S/C(=C\c2cc(-c3cc(C(F)(F)F)cc(C(F)(F)F)c3)cs2)C1=O. The van der Waals surface area contributed by atoms with Gasteiger partial charge < -0.3 is 10.1 Å². The minimum atomic E-state index is -5.04. The third-order valence-corrected chi connectivity index (χ3v) is 9.29. The number of rotatable bonds is 9. The van der Waals surface area contributed by atoms with Crippen molar-refractivity contribution >= 4 is 68.7 Å². The first kappa shape index (κ1) is 37.9. The Balaban J connectivity index is 1.57. The van der Waals surface area contributed by atoms with E-state index in [1.54, 1.807) is 20.8 Å². The number of nitrogens with one attached hydrogen (secondary N) is 1. The highest BCUT2D eigenvalue weighted by Gasteiger charge is 2.43. The van der Waals surface area contributed by atoms with E-state index in [0.29, 0.717) is 28.8 Å². The third kappa shape index (κ3) is 9.82. The molecule has 49 heavy (non-hydrogen) atoms. The van der Waals surface area contributed by atoms with Crippen LogP contribution in [0.25, 0.3) is 17.2 Å². The van der Waals surface area contributed by atoms with Crippen LogP contribution in [0.15, 0.2) is 58.8 Å². The van der Waals surface area contributed by atoms with E-state index in [1.165, 1.54) is 48.0 Å². The summed E-state index contributed by atoms with van der Waals surface area (Å²) in [6.45, 7) is 5.12. The summed E-state index contributed by atoms with van der Waals surface area (Å²) < 4.78 is 97.4. The van der Waals surface area contributed by atoms with Gasteiger partial charge in [-0.3, -0.25) is 23.5 Å². The van der Waals surface area contributed by atoms with Gasteiger partial charge in [0.2, 0.25) is 5.91 Å². The van der Waals surface area contributed by atoms with Gasteiger partial charge in [-0.1, -0.05) is 0 Å². The Kier molecular flexibility index (Phi) is 11.2. The number of esters is 1. The molecule has 8 nitrogen and oxygen atoms in total. The number of imide groups is 1. The molecule has 2 heterocycles. The van der Waals surface area contributed by atoms with Gasteiger partial charge in [0.25, 0.3) is 11.1 Å². The van der Waals surface area contributed by atoms with Crippen LogP contribution in [0.4, 0.5) is 36.8 Å². The molecular formula is C32H28F6N2O6S3. The predicted molar refractivity (Wildman–Crippen MR) is 175 cm³/mol. The van der Waals surface area contributed by atoms with E-state index < -0.39 is 68.9 Å². The van der Waals surface area contributed by atoms with Crippen molar-refractivity contribution in [1.29, 1.82) is 0 Å². The second-order valence-corrected chi connectivity index (χ2v) is 15.2. The second-order valence-electron chi connectivity index (χ2n) is 11.7. The molecule has 0 aliphatic carbocycles. The zero-order valence-electron chi connectivity index (χ0n) is 26.2. The van der Waals surface area contributed by atoms with Crippen LogP contribution in [0.1, 0.15) is 53.6 Å². The van der Waals surface area contributed by atoms with Gasteiger partial charge in [-0.15, -0.1) is 11.3 Å². The average Bonchev–Trinajstić information content (AvgIpc) is 3.55. The summed E-state index contributed by atoms with van der Waals surface area (Å²) in [5.74, 6) is -2.27. The number of thiophene rings is 1. The summed E-state index contributed by atoms with van der Waals surface area (Å²) in [6.07, 6.45) is -7.60. The van der Waals surface area contributed by atoms with Crippen LogP contribution in [-0.4, -0.2) is 55.8 Å². The summed E-state index contributed by atoms with van der Waals surface area (Å²) in [5, 5.41) is 3.09. The van der Waals surface area contributed by atoms with E-state index in [0.717, 1.165) is 11.3 Å². The number of halogens is 6. The molecule has 0 spiro atoms. The molecule has 1 fully saturated rings. The number of benzene rings is 2. The normalized spacial score (nSPS) is 16.2. The Labute approximate surface area is 287 Å². The number of nitrogens with zero attached hydrogens (tertiary/aromatic N) is 1. The highest BCUT2D eigenvalue weighted by Crippen LogP contribution is 2.41. The van der Waals surface area contributed by atoms with Gasteiger partial charge in [-0.05, 0) is 110 Å². The summed E-state index contributed by atoms with van der Waals surface area (Å²) in [7, 11) is -1.40. The smallest absolute Gasteiger partial charge is 0.416 e. The number of hydrogen-bond acceptors (Lipinski definition) is 8. The first-order valence-electron chi connectivity index (χ1n) is 14.2. The van der Waals surface area contributed by atoms with Crippen LogP contribution in [0, 0.1) is 0 Å². The Morgan fingerprint density at radius 1 is 0.939 bits per heavy atom. The molecule has 1 N–H and O–H groups in total. The monoisotopic (exact) mass is 746 g/mol. The molecule has 2 atom stereocenters. The lowest BCUT2D eigenvalue weighted by Gasteiger charge is -2.24. The molecule has 1 aliphatic heterocycles. The molecule has 1 saturated heterocycles. The average molecular weight is 747 g/mol. The van der Waals surface area contributed by atoms with E-state index in [4.69, 9.17) is 4.74 Å². The minimum absolute atomic E-state index is 0.0204. The zero-order valence-corrected chi connectivity index (χ0v) is 28.6. The van der Waals surface area contributed by atoms with E-state index >= 15 is 0 Å². The van der Waals surface area contributed by atoms with Gasteiger partial charge in [-0.25, -0.2) is 4.79 Å². The highest BCUT2D eigenvalue weighted by molar-refractivity contribution is 8.18. The van der Waals surface area contributed by atoms with E-state index in [9.17, 15) is 49.7 Å². The van der Waals surface area contributed by atoms with Crippen molar-refractivity contribution in [3.63, 3.8) is 0 Å². The van der Waals surface area contributed by atoms with Gasteiger partial charge >= 0.3 is 18.3 Å². The van der Waals surface area contributed by atoms with Gasteiger partial charge in [0, 0.05) is 33.4 Å². The maximum Gasteiger partial charge on any atom is 0.416 e. The van der Waals surface area contributed by atoms with Crippen molar-refractivity contribution in [2.75, 3.05) is 17.3 Å². The molecular weight excluding hydrogens is 719 g/mol. The number of carbonyl (C=O) groups is 4. The molecule has 1 aromatic heterocycles. The summed E-state index contributed by atoms with van der Waals surface area (Å²) in [6, 6.07) is 6.76. The molecule has 0 saturated carbocycles. The first-order valence-corrected chi connectivity index (χ1v) is 17.6. The predicted octanol–water partition coefficient (Wildman–Crippen LogP) is 8.22. The minimum Gasteiger partial charge on any atom is -0.456 e. The summed E-state index contributed by atoms with van der Waals surface area (Å²) >= 11 is 1.40. The van der Waals surface area contributed by atoms with Crippen molar-refractivity contribution in [1.82, 2.24) is 4.90 Å². The third-order valence-electron chi connectivity index (χ3n) is 6.72. The molecule has 3 amide bonds. The highest BCUT2D eigenvalue weighted by atomic mass is 32.2. The van der Waals surface area contributed by atoms with Crippen LogP contribution >= 0.6 is 23.1 Å². The quantitative estimate of drug-likeness (QED) is 0.134. The topological polar surface area (TPSA) is 110 Å². The fraction of sp³-hybridized carbons (Fsp3) is 0.312. The van der Waals surface area contributed by atoms with Gasteiger partial charge in [0.05, 0.1) is 21.6 Å². The molecule has 1 unspecified atom stereocenters. The van der Waals surface area contributed by atoms with Gasteiger partial charge in [-0.2, -0.15) is 26.3 Å². The number of hydrogen-bond donors (Lipinski definition) is 1. The fourth-order valence-corrected chi connectivity index (χ4v) is 6.83. The van der Waals surface area contributed by atoms with Crippen molar-refractivity contribution < 1.29 is 54.5 Å². The zero-order chi connectivity index (χ0) is 36.5. The largest absolute Gasteiger partial charge is 0.456 e. The lowest BCUT2D eigenvalue weighted by molar-refractivity contribution is -0.143. The van der Waals surface area contributed by atoms with Crippen LogP contribution in [0.3, 0.4) is 0 Å². The van der Waals surface area contributed by atoms with Crippen molar-refractivity contribution in [2.24, 2.45) is 0 Å². The van der Waals surface area contributed by atoms with Crippen molar-refractivity contribution in [2.45, 2.75) is 51.2 Å². The Morgan fingerprint density at radius 2 is 1.53 bits per heavy atom. The van der Waals surface area contributed by atoms with Crippen molar-refractivity contribution in [3.8, 4) is 11.1 Å². The maximum atomic E-state index is 13.4. The standard InChI is InChI=1S/C32H28F6N2O6S3/c1-30(2,3)46-28(43)17-5-7-22(8-6-17)39-26(41)24(9-10-49(4)45)40-27(42)25(48-29(40)44)15-23-13-19(16-47-23)18-11-20(31(33,34)35)14-21(12-18)32(36,37)38/h5-8,11-16,24H,9-10H2,1-4H3,(H,39,41)/b25-15-/t24-,49?/m0/s1. The van der Waals surface area contributed by atoms with E-state index in [-0.39, 0.29) is 50.4 Å². The van der Waals surface area contributed by atoms with E-state index in [1.807, 2.05) is 0 Å². The lowest BCUT2D eigenvalue weighted by Crippen LogP contribution is -2.47. The number of alkyl halides is 6. The summed E-state index contributed by atoms with van der Waals surface area (Å²) in [5.41, 5.74) is -3.58. The number of carbonyl (C=O) groups excluding carboxylic acids is 4. The second kappa shape index (κ2) is 14.5. The van der Waals surface area contributed by atoms with Crippen LogP contribution in [-0.2, 0) is 37.5 Å². The number of ether oxygens (including phenoxy) is 1. The molecule has 2 aromatic carbocycles. The van der Waals surface area contributed by atoms with Crippen molar-refractivity contribution in [3.05, 3.63) is 80.4 Å². The fourth-order valence-electron chi connectivity index (χ4n) is 4.49. The first-order chi connectivity index (χ1) is 22.6. The molecule has 17 heteroatoms. The Hall–Kier alpha value is -3.96. The molecule has 3 aromatic rings. The molecule has 4 rings (SSSR count). The molecule has 1 aliphatic rings. The molecule has 0 radical (unpaired) electrons. The Morgan fingerprint density at radius 3 is 2.06 bits per heavy atom. The summed E-state index contributed by atoms with van der Waals surface area (Å²) in [4.78, 5) is 53.0. The Bertz CT molecular complexity index is 1800. The van der Waals surface area contributed by atoms with E-state index in [2.05, 4.69) is 5.32 Å². The molecule has 262 valence electrons. The number of thioether (sulfide) groups is 1. The van der Waals surface area contributed by atoms with Crippen LogP contribution in [0.2, 0.25) is 0 Å². The number of amides is 3. The lowest BCUT2D eigenvalue weighted by atomic mass is 10.0. The van der Waals surface area contributed by atoms with Gasteiger partial charge in [0.15, 0.2) is 0 Å². The van der Waals surface area contributed by atoms with Crippen LogP contribution in [0.5, 0.6) is 0 Å². The maximum absolute atomic E-state index is 13.4. The van der Waals surface area contributed by atoms with Crippen LogP contribution < -0.4 is 5.32 Å².